The van der Waals surface area contributed by atoms with Crippen LogP contribution < -0.4 is 9.80 Å². The van der Waals surface area contributed by atoms with Crippen LogP contribution in [0.5, 0.6) is 5.75 Å². The second kappa shape index (κ2) is 10.3. The summed E-state index contributed by atoms with van der Waals surface area (Å²) in [7, 11) is 4.08. The number of aromatic nitrogens is 2. The fourth-order valence-corrected chi connectivity index (χ4v) is 6.99. The number of likely N-dealkylation sites (N-methyl/N-ethyl adjacent to an activating group) is 1. The van der Waals surface area contributed by atoms with Crippen molar-refractivity contribution in [2.45, 2.75) is 50.9 Å². The van der Waals surface area contributed by atoms with Gasteiger partial charge in [-0.25, -0.2) is 14.2 Å². The molecule has 4 aromatic rings. The standard InChI is InChI=1S/C33H36ClFN6O3/c1-33(2,3)44-32(43)41-17-19-11-20(41)16-40(19)30-25-13-26(34)27(24-12-22(42)10-18-8-6-7-9-23(18)24)28(35)29(25)36-31(37-30)39-14-21(15-39)38(4)5/h6-10,12-13,19-21,42H,11,14-17H2,1-5H3/t19-,20-/m0/s1. The van der Waals surface area contributed by atoms with Gasteiger partial charge in [0.15, 0.2) is 5.82 Å². The summed E-state index contributed by atoms with van der Waals surface area (Å²) in [6.07, 6.45) is 0.459. The molecule has 0 radical (unpaired) electrons. The highest BCUT2D eigenvalue weighted by molar-refractivity contribution is 6.35. The number of piperazine rings is 1. The third-order valence-electron chi connectivity index (χ3n) is 8.98. The Labute approximate surface area is 260 Å². The highest BCUT2D eigenvalue weighted by atomic mass is 35.5. The number of phenolic OH excluding ortho intramolecular Hbond substituents is 1. The quantitative estimate of drug-likeness (QED) is 0.303. The molecule has 1 N–H and O–H groups in total. The maximum atomic E-state index is 16.9. The molecular weight excluding hydrogens is 583 g/mol. The number of nitrogens with zero attached hydrogens (tertiary/aromatic N) is 6. The summed E-state index contributed by atoms with van der Waals surface area (Å²) < 4.78 is 22.5. The molecule has 0 unspecified atom stereocenters. The van der Waals surface area contributed by atoms with Gasteiger partial charge in [0, 0.05) is 43.2 Å². The van der Waals surface area contributed by atoms with Crippen molar-refractivity contribution in [3.63, 3.8) is 0 Å². The van der Waals surface area contributed by atoms with Gasteiger partial charge in [0.2, 0.25) is 5.95 Å². The van der Waals surface area contributed by atoms with Gasteiger partial charge in [0.25, 0.3) is 0 Å². The van der Waals surface area contributed by atoms with Crippen LogP contribution in [-0.4, -0.2) is 95.0 Å². The Kier molecular flexibility index (Phi) is 6.78. The van der Waals surface area contributed by atoms with Gasteiger partial charge in [0.1, 0.15) is 22.7 Å². The fourth-order valence-electron chi connectivity index (χ4n) is 6.69. The number of likely N-dealkylation sites (tertiary alicyclic amines) is 1. The molecule has 3 aliphatic heterocycles. The van der Waals surface area contributed by atoms with Crippen LogP contribution in [0.15, 0.2) is 42.5 Å². The first-order valence-corrected chi connectivity index (χ1v) is 15.3. The molecule has 9 nitrogen and oxygen atoms in total. The molecule has 0 saturated carbocycles. The van der Waals surface area contributed by atoms with Crippen LogP contribution >= 0.6 is 11.6 Å². The zero-order valence-electron chi connectivity index (χ0n) is 25.5. The number of ether oxygens (including phenoxy) is 1. The number of carbonyl (C=O) groups excluding carboxylic acids is 1. The Bertz CT molecular complexity index is 1800. The summed E-state index contributed by atoms with van der Waals surface area (Å²) in [5.74, 6) is 0.543. The molecule has 44 heavy (non-hydrogen) atoms. The van der Waals surface area contributed by atoms with Gasteiger partial charge in [-0.3, -0.25) is 0 Å². The van der Waals surface area contributed by atoms with Crippen molar-refractivity contribution in [2.24, 2.45) is 0 Å². The van der Waals surface area contributed by atoms with Crippen molar-refractivity contribution < 1.29 is 19.0 Å². The molecule has 1 amide bonds. The van der Waals surface area contributed by atoms with Gasteiger partial charge in [-0.2, -0.15) is 4.98 Å². The maximum Gasteiger partial charge on any atom is 0.410 e. The van der Waals surface area contributed by atoms with Crippen LogP contribution in [0.4, 0.5) is 21.0 Å². The van der Waals surface area contributed by atoms with E-state index in [1.807, 2.05) is 59.1 Å². The number of anilines is 2. The SMILES string of the molecule is CN(C)C1CN(c2nc(N3C[C@@H]4C[C@H]3CN4C(=O)OC(C)(C)C)c3cc(Cl)c(-c4cc(O)cc5ccccc45)c(F)c3n2)C1. The maximum absolute atomic E-state index is 16.9. The van der Waals surface area contributed by atoms with Crippen molar-refractivity contribution in [1.82, 2.24) is 19.8 Å². The van der Waals surface area contributed by atoms with E-state index in [-0.39, 0.29) is 40.0 Å². The van der Waals surface area contributed by atoms with E-state index in [1.165, 1.54) is 0 Å². The number of amides is 1. The largest absolute Gasteiger partial charge is 0.508 e. The summed E-state index contributed by atoms with van der Waals surface area (Å²) in [5, 5.41) is 12.8. The first-order valence-electron chi connectivity index (χ1n) is 15.0. The molecule has 2 bridgehead atoms. The smallest absolute Gasteiger partial charge is 0.410 e. The Morgan fingerprint density at radius 2 is 1.80 bits per heavy atom. The zero-order valence-corrected chi connectivity index (χ0v) is 26.3. The topological polar surface area (TPSA) is 85.3 Å². The van der Waals surface area contributed by atoms with Gasteiger partial charge in [-0.15, -0.1) is 0 Å². The van der Waals surface area contributed by atoms with Crippen molar-refractivity contribution in [3.05, 3.63) is 53.3 Å². The number of phenols is 1. The third-order valence-corrected chi connectivity index (χ3v) is 9.28. The molecule has 2 atom stereocenters. The molecule has 0 spiro atoms. The molecule has 3 saturated heterocycles. The highest BCUT2D eigenvalue weighted by Gasteiger charge is 2.48. The number of hydrogen-bond acceptors (Lipinski definition) is 8. The van der Waals surface area contributed by atoms with Gasteiger partial charge in [0.05, 0.1) is 17.1 Å². The van der Waals surface area contributed by atoms with Crippen molar-refractivity contribution in [2.75, 3.05) is 50.1 Å². The predicted octanol–water partition coefficient (Wildman–Crippen LogP) is 5.90. The van der Waals surface area contributed by atoms with E-state index < -0.39 is 11.4 Å². The predicted molar refractivity (Wildman–Crippen MR) is 171 cm³/mol. The average Bonchev–Trinajstić information content (AvgIpc) is 3.52. The van der Waals surface area contributed by atoms with E-state index in [4.69, 9.17) is 26.3 Å². The van der Waals surface area contributed by atoms with Crippen molar-refractivity contribution in [1.29, 1.82) is 0 Å². The molecule has 7 rings (SSSR count). The molecule has 3 aliphatic rings. The number of aromatic hydroxyl groups is 1. The van der Waals surface area contributed by atoms with E-state index in [2.05, 4.69) is 14.7 Å². The molecule has 0 aliphatic carbocycles. The van der Waals surface area contributed by atoms with Gasteiger partial charge in [-0.05, 0) is 75.8 Å². The summed E-state index contributed by atoms with van der Waals surface area (Å²) in [4.78, 5) is 30.9. The van der Waals surface area contributed by atoms with Crippen LogP contribution in [0, 0.1) is 5.82 Å². The van der Waals surface area contributed by atoms with Crippen molar-refractivity contribution >= 4 is 51.1 Å². The normalized spacial score (nSPS) is 20.3. The molecule has 3 fully saturated rings. The third kappa shape index (κ3) is 4.84. The average molecular weight is 619 g/mol. The zero-order chi connectivity index (χ0) is 31.1. The number of carbonyl (C=O) groups is 1. The minimum Gasteiger partial charge on any atom is -0.508 e. The Morgan fingerprint density at radius 3 is 2.48 bits per heavy atom. The lowest BCUT2D eigenvalue weighted by molar-refractivity contribution is 0.0214. The molecule has 3 aromatic carbocycles. The fraction of sp³-hybridized carbons (Fsp3) is 0.424. The lowest BCUT2D eigenvalue weighted by Crippen LogP contribution is -2.58. The van der Waals surface area contributed by atoms with E-state index in [0.29, 0.717) is 41.8 Å². The lowest BCUT2D eigenvalue weighted by atomic mass is 9.96. The molecule has 4 heterocycles. The van der Waals surface area contributed by atoms with Crippen LogP contribution in [0.2, 0.25) is 5.02 Å². The van der Waals surface area contributed by atoms with Gasteiger partial charge in [-0.1, -0.05) is 35.9 Å². The van der Waals surface area contributed by atoms with Crippen molar-refractivity contribution in [3.8, 4) is 16.9 Å². The number of benzene rings is 3. The highest BCUT2D eigenvalue weighted by Crippen LogP contribution is 2.44. The molecule has 11 heteroatoms. The second-order valence-corrected chi connectivity index (χ2v) is 13.8. The first-order chi connectivity index (χ1) is 20.9. The summed E-state index contributed by atoms with van der Waals surface area (Å²) in [6, 6.07) is 12.8. The van der Waals surface area contributed by atoms with E-state index in [9.17, 15) is 9.90 Å². The number of halogens is 2. The summed E-state index contributed by atoms with van der Waals surface area (Å²) >= 11 is 6.89. The van der Waals surface area contributed by atoms with E-state index in [1.54, 1.807) is 23.1 Å². The van der Waals surface area contributed by atoms with Gasteiger partial charge < -0.3 is 29.4 Å². The number of fused-ring (bicyclic) bond motifs is 4. The van der Waals surface area contributed by atoms with Crippen LogP contribution in [-0.2, 0) is 4.74 Å². The van der Waals surface area contributed by atoms with Crippen LogP contribution in [0.1, 0.15) is 27.2 Å². The minimum atomic E-state index is -0.579. The summed E-state index contributed by atoms with van der Waals surface area (Å²) in [6.45, 7) is 8.10. The Morgan fingerprint density at radius 1 is 1.05 bits per heavy atom. The van der Waals surface area contributed by atoms with E-state index in [0.717, 1.165) is 30.3 Å². The second-order valence-electron chi connectivity index (χ2n) is 13.4. The Hall–Kier alpha value is -3.89. The lowest BCUT2D eigenvalue weighted by Gasteiger charge is -2.43. The first kappa shape index (κ1) is 28.9. The minimum absolute atomic E-state index is 0.000842. The van der Waals surface area contributed by atoms with E-state index >= 15 is 4.39 Å². The van der Waals surface area contributed by atoms with Gasteiger partial charge >= 0.3 is 6.09 Å². The monoisotopic (exact) mass is 618 g/mol. The molecule has 230 valence electrons. The number of rotatable bonds is 4. The van der Waals surface area contributed by atoms with Crippen LogP contribution in [0.3, 0.4) is 0 Å². The van der Waals surface area contributed by atoms with Crippen LogP contribution in [0.25, 0.3) is 32.8 Å². The number of hydrogen-bond donors (Lipinski definition) is 1. The Balaban J connectivity index is 1.34. The summed E-state index contributed by atoms with van der Waals surface area (Å²) in [5.41, 5.74) is 0.286. The molecular formula is C33H36ClFN6O3. The molecule has 1 aromatic heterocycles.